The molecule has 0 spiro atoms. The molecule has 3 aromatic heterocycles. The molecule has 0 saturated carbocycles. The van der Waals surface area contributed by atoms with Crippen LogP contribution in [0, 0.1) is 18.3 Å². The van der Waals surface area contributed by atoms with Crippen LogP contribution in [0.5, 0.6) is 0 Å². The van der Waals surface area contributed by atoms with Gasteiger partial charge in [0.2, 0.25) is 17.4 Å². The average molecular weight is 467 g/mol. The first-order valence-electron chi connectivity index (χ1n) is 10.9. The van der Waals surface area contributed by atoms with Gasteiger partial charge in [-0.3, -0.25) is 0 Å². The molecule has 7 heteroatoms. The highest BCUT2D eigenvalue weighted by atomic mass is 19.4. The molecule has 0 amide bonds. The summed E-state index contributed by atoms with van der Waals surface area (Å²) in [5, 5.41) is 3.26. The van der Waals surface area contributed by atoms with E-state index < -0.39 is 17.5 Å². The normalized spacial score (nSPS) is 12.8. The Hall–Kier alpha value is -3.48. The number of benzene rings is 2. The molecule has 0 aliphatic heterocycles. The fourth-order valence-electron chi connectivity index (χ4n) is 4.54. The highest BCUT2D eigenvalue weighted by Crippen LogP contribution is 2.42. The van der Waals surface area contributed by atoms with Gasteiger partial charge in [-0.05, 0) is 48.1 Å². The first-order chi connectivity index (χ1) is 16.0. The summed E-state index contributed by atoms with van der Waals surface area (Å²) in [5.41, 5.74) is 2.27. The smallest absolute Gasteiger partial charge is 0.394 e. The molecule has 0 aliphatic rings. The highest BCUT2D eigenvalue weighted by Gasteiger charge is 2.47. The summed E-state index contributed by atoms with van der Waals surface area (Å²) in [4.78, 5) is 3.90. The molecular weight excluding hydrogens is 444 g/mol. The number of pyridine rings is 2. The van der Waals surface area contributed by atoms with E-state index in [1.54, 1.807) is 12.1 Å². The fourth-order valence-corrected chi connectivity index (χ4v) is 4.54. The van der Waals surface area contributed by atoms with Crippen molar-refractivity contribution in [3.63, 3.8) is 0 Å². The fraction of sp³-hybridized carbons (Fsp3) is 0.259. The number of hydrogen-bond donors (Lipinski definition) is 0. The van der Waals surface area contributed by atoms with Gasteiger partial charge in [-0.25, -0.2) is 4.57 Å². The zero-order chi connectivity index (χ0) is 24.4. The Morgan fingerprint density at radius 3 is 2.38 bits per heavy atom. The Morgan fingerprint density at radius 1 is 0.941 bits per heavy atom. The Kier molecular flexibility index (Phi) is 4.93. The summed E-state index contributed by atoms with van der Waals surface area (Å²) >= 11 is 0. The van der Waals surface area contributed by atoms with Crippen LogP contribution in [0.15, 0.2) is 59.1 Å². The van der Waals surface area contributed by atoms with E-state index >= 15 is 0 Å². The van der Waals surface area contributed by atoms with Gasteiger partial charge in [-0.15, -0.1) is 0 Å². The van der Waals surface area contributed by atoms with Gasteiger partial charge in [0, 0.05) is 16.8 Å². The Labute approximate surface area is 193 Å². The second-order valence-corrected chi connectivity index (χ2v) is 9.48. The number of aryl methyl sites for hydroxylation is 2. The Bertz CT molecular complexity index is 1580. The van der Waals surface area contributed by atoms with Crippen LogP contribution in [0.3, 0.4) is 0 Å². The van der Waals surface area contributed by atoms with E-state index in [-0.39, 0.29) is 12.1 Å². The van der Waals surface area contributed by atoms with E-state index in [0.29, 0.717) is 11.1 Å². The maximum atomic E-state index is 13.7. The summed E-state index contributed by atoms with van der Waals surface area (Å²) in [7, 11) is 1.91. The van der Waals surface area contributed by atoms with Crippen molar-refractivity contribution in [1.29, 1.82) is 0 Å². The van der Waals surface area contributed by atoms with Crippen LogP contribution in [0.4, 0.5) is 17.6 Å². The zero-order valence-electron chi connectivity index (χ0n) is 19.2. The molecule has 3 heterocycles. The summed E-state index contributed by atoms with van der Waals surface area (Å²) < 4.78 is 62.0. The van der Waals surface area contributed by atoms with E-state index in [4.69, 9.17) is 4.42 Å². The minimum Gasteiger partial charge on any atom is -0.437 e. The molecule has 34 heavy (non-hydrogen) atoms. The van der Waals surface area contributed by atoms with Crippen molar-refractivity contribution in [2.45, 2.75) is 33.4 Å². The van der Waals surface area contributed by atoms with Crippen molar-refractivity contribution in [1.82, 2.24) is 4.98 Å². The molecule has 0 radical (unpaired) electrons. The van der Waals surface area contributed by atoms with Gasteiger partial charge >= 0.3 is 6.18 Å². The van der Waals surface area contributed by atoms with E-state index in [9.17, 15) is 17.6 Å². The molecule has 0 fully saturated rings. The largest absolute Gasteiger partial charge is 0.437 e. The van der Waals surface area contributed by atoms with Crippen LogP contribution in [-0.2, 0) is 13.5 Å². The van der Waals surface area contributed by atoms with Gasteiger partial charge < -0.3 is 4.42 Å². The second-order valence-electron chi connectivity index (χ2n) is 9.48. The number of aromatic nitrogens is 2. The molecule has 5 rings (SSSR count). The van der Waals surface area contributed by atoms with E-state index in [0.717, 1.165) is 38.4 Å². The standard InChI is InChI=1S/C27H23F4N2O/c1-15-5-7-19-20-9-10-21(28)32-25(20)34-24(19)22(15)23-18-8-6-16(13-17(18)11-12-33(23)4)14-26(2,3)27(29,30)31/h5-13H,14H2,1-4H3/q+1. The van der Waals surface area contributed by atoms with Gasteiger partial charge in [0.15, 0.2) is 11.8 Å². The number of nitrogens with zero attached hydrogens (tertiary/aromatic N) is 2. The van der Waals surface area contributed by atoms with Crippen molar-refractivity contribution in [2.24, 2.45) is 12.5 Å². The minimum atomic E-state index is -4.29. The van der Waals surface area contributed by atoms with Crippen molar-refractivity contribution in [2.75, 3.05) is 0 Å². The maximum absolute atomic E-state index is 13.7. The molecule has 0 unspecified atom stereocenters. The SMILES string of the molecule is Cc1ccc2c(oc3nc(F)ccc32)c1-c1c2ccc(CC(C)(C)C(F)(F)F)cc2cc[n+]1C. The summed E-state index contributed by atoms with van der Waals surface area (Å²) in [6.45, 7) is 4.40. The first kappa shape index (κ1) is 22.3. The molecule has 2 aromatic carbocycles. The number of rotatable bonds is 3. The van der Waals surface area contributed by atoms with E-state index in [1.165, 1.54) is 19.9 Å². The number of fused-ring (bicyclic) bond motifs is 4. The molecule has 5 aromatic rings. The first-order valence-corrected chi connectivity index (χ1v) is 10.9. The topological polar surface area (TPSA) is 29.9 Å². The zero-order valence-corrected chi connectivity index (χ0v) is 19.2. The van der Waals surface area contributed by atoms with Crippen LogP contribution in [0.2, 0.25) is 0 Å². The van der Waals surface area contributed by atoms with Crippen LogP contribution < -0.4 is 4.57 Å². The summed E-state index contributed by atoms with van der Waals surface area (Å²) in [6.07, 6.45) is -2.52. The van der Waals surface area contributed by atoms with Gasteiger partial charge in [-0.1, -0.05) is 38.1 Å². The van der Waals surface area contributed by atoms with Crippen molar-refractivity contribution >= 4 is 32.8 Å². The lowest BCUT2D eigenvalue weighted by Crippen LogP contribution is -2.34. The van der Waals surface area contributed by atoms with Crippen LogP contribution >= 0.6 is 0 Å². The lowest BCUT2D eigenvalue weighted by molar-refractivity contribution is -0.659. The monoisotopic (exact) mass is 467 g/mol. The molecule has 3 nitrogen and oxygen atoms in total. The maximum Gasteiger partial charge on any atom is 0.394 e. The van der Waals surface area contributed by atoms with Crippen LogP contribution in [-0.4, -0.2) is 11.2 Å². The van der Waals surface area contributed by atoms with Gasteiger partial charge in [0.1, 0.15) is 7.05 Å². The molecule has 0 atom stereocenters. The number of alkyl halides is 3. The lowest BCUT2D eigenvalue weighted by atomic mass is 9.84. The molecule has 174 valence electrons. The summed E-state index contributed by atoms with van der Waals surface area (Å²) in [5.74, 6) is -0.616. The third-order valence-corrected chi connectivity index (χ3v) is 6.53. The Balaban J connectivity index is 1.74. The predicted octanol–water partition coefficient (Wildman–Crippen LogP) is 7.20. The lowest BCUT2D eigenvalue weighted by Gasteiger charge is -2.27. The summed E-state index contributed by atoms with van der Waals surface area (Å²) in [6, 6.07) is 14.2. The molecule has 0 N–H and O–H groups in total. The highest BCUT2D eigenvalue weighted by molar-refractivity contribution is 6.11. The molecular formula is C27H23F4N2O+. The van der Waals surface area contributed by atoms with Gasteiger partial charge in [0.05, 0.1) is 16.4 Å². The minimum absolute atomic E-state index is 0.113. The predicted molar refractivity (Wildman–Crippen MR) is 124 cm³/mol. The molecule has 0 saturated heterocycles. The molecule has 0 aliphatic carbocycles. The Morgan fingerprint density at radius 2 is 1.65 bits per heavy atom. The molecule has 0 bridgehead atoms. The number of furan rings is 1. The number of halogens is 4. The number of hydrogen-bond acceptors (Lipinski definition) is 2. The third-order valence-electron chi connectivity index (χ3n) is 6.53. The van der Waals surface area contributed by atoms with E-state index in [1.807, 2.05) is 55.1 Å². The van der Waals surface area contributed by atoms with Gasteiger partial charge in [0.25, 0.3) is 0 Å². The van der Waals surface area contributed by atoms with Crippen molar-refractivity contribution in [3.8, 4) is 11.3 Å². The average Bonchev–Trinajstić information content (AvgIpc) is 3.11. The van der Waals surface area contributed by atoms with Crippen molar-refractivity contribution in [3.05, 3.63) is 71.8 Å². The third kappa shape index (κ3) is 3.50. The quantitative estimate of drug-likeness (QED) is 0.160. The van der Waals surface area contributed by atoms with Crippen LogP contribution in [0.1, 0.15) is 25.0 Å². The van der Waals surface area contributed by atoms with Gasteiger partial charge in [-0.2, -0.15) is 22.5 Å². The van der Waals surface area contributed by atoms with Crippen LogP contribution in [0.25, 0.3) is 44.1 Å². The second kappa shape index (κ2) is 7.52. The van der Waals surface area contributed by atoms with E-state index in [2.05, 4.69) is 4.98 Å². The van der Waals surface area contributed by atoms with Crippen molar-refractivity contribution < 1.29 is 26.5 Å².